The fourth-order valence-corrected chi connectivity index (χ4v) is 5.32. The van der Waals surface area contributed by atoms with Crippen molar-refractivity contribution in [3.8, 4) is 11.1 Å². The van der Waals surface area contributed by atoms with E-state index in [4.69, 9.17) is 11.6 Å². The van der Waals surface area contributed by atoms with Crippen LogP contribution in [0.25, 0.3) is 27.7 Å². The van der Waals surface area contributed by atoms with E-state index >= 15 is 0 Å². The minimum atomic E-state index is -0.0133. The second-order valence-corrected chi connectivity index (χ2v) is 9.74. The van der Waals surface area contributed by atoms with Gasteiger partial charge in [0, 0.05) is 41.0 Å². The highest BCUT2D eigenvalue weighted by Gasteiger charge is 2.22. The smallest absolute Gasteiger partial charge is 0.347 e. The predicted molar refractivity (Wildman–Crippen MR) is 131 cm³/mol. The molecule has 1 aromatic carbocycles. The summed E-state index contributed by atoms with van der Waals surface area (Å²) in [4.78, 5) is 18.9. The Morgan fingerprint density at radius 3 is 2.78 bits per heavy atom. The van der Waals surface area contributed by atoms with Gasteiger partial charge < -0.3 is 4.57 Å². The number of thiazole rings is 1. The molecule has 0 N–H and O–H groups in total. The van der Waals surface area contributed by atoms with Gasteiger partial charge in [0.15, 0.2) is 4.47 Å². The lowest BCUT2D eigenvalue weighted by molar-refractivity contribution is -0.665. The Hall–Kier alpha value is -2.96. The largest absolute Gasteiger partial charge is 0.350 e. The van der Waals surface area contributed by atoms with E-state index in [0.29, 0.717) is 16.6 Å². The predicted octanol–water partition coefficient (Wildman–Crippen LogP) is 5.48. The van der Waals surface area contributed by atoms with Crippen LogP contribution >= 0.6 is 22.9 Å². The number of halogens is 1. The van der Waals surface area contributed by atoms with Gasteiger partial charge in [0.1, 0.15) is 18.3 Å². The summed E-state index contributed by atoms with van der Waals surface area (Å²) in [6, 6.07) is 12.3. The van der Waals surface area contributed by atoms with Crippen LogP contribution in [0.15, 0.2) is 66.0 Å². The number of unbranched alkanes of at least 4 members (excludes halogenated alkanes) is 1. The molecule has 0 fully saturated rings. The fraction of sp³-hybridized carbons (Fsp3) is 0.240. The summed E-state index contributed by atoms with van der Waals surface area (Å²) in [5.41, 5.74) is 4.72. The average molecular weight is 464 g/mol. The van der Waals surface area contributed by atoms with Gasteiger partial charge in [-0.05, 0) is 31.5 Å². The number of pyridine rings is 1. The third-order valence-electron chi connectivity index (χ3n) is 5.85. The summed E-state index contributed by atoms with van der Waals surface area (Å²) in [5, 5.41) is 1.10. The molecule has 5 rings (SSSR count). The van der Waals surface area contributed by atoms with Crippen molar-refractivity contribution in [1.82, 2.24) is 14.0 Å². The highest BCUT2D eigenvalue weighted by molar-refractivity contribution is 7.15. The quantitative estimate of drug-likeness (QED) is 0.313. The molecular weight excluding hydrogens is 440 g/mol. The highest BCUT2D eigenvalue weighted by Crippen LogP contribution is 2.29. The van der Waals surface area contributed by atoms with E-state index in [9.17, 15) is 4.79 Å². The number of rotatable bonds is 6. The van der Waals surface area contributed by atoms with Crippen LogP contribution in [0.2, 0.25) is 4.47 Å². The zero-order valence-corrected chi connectivity index (χ0v) is 19.7. The van der Waals surface area contributed by atoms with Crippen molar-refractivity contribution in [3.63, 3.8) is 0 Å². The maximum Gasteiger partial charge on any atom is 0.350 e. The van der Waals surface area contributed by atoms with Crippen LogP contribution in [0.4, 0.5) is 0 Å². The van der Waals surface area contributed by atoms with Gasteiger partial charge in [-0.3, -0.25) is 0 Å². The molecule has 0 saturated carbocycles. The van der Waals surface area contributed by atoms with Gasteiger partial charge in [0.2, 0.25) is 0 Å². The molecule has 5 nitrogen and oxygen atoms in total. The first-order valence-corrected chi connectivity index (χ1v) is 12.0. The van der Waals surface area contributed by atoms with Crippen molar-refractivity contribution in [2.75, 3.05) is 0 Å². The van der Waals surface area contributed by atoms with E-state index in [1.807, 2.05) is 37.5 Å². The summed E-state index contributed by atoms with van der Waals surface area (Å²) in [5.74, 6) is 0. The molecule has 162 valence electrons. The van der Waals surface area contributed by atoms with Gasteiger partial charge in [-0.15, -0.1) is 11.3 Å². The summed E-state index contributed by atoms with van der Waals surface area (Å²) in [6.07, 6.45) is 9.99. The molecule has 0 aliphatic rings. The van der Waals surface area contributed by atoms with E-state index in [0.717, 1.165) is 51.9 Å². The molecule has 4 aromatic heterocycles. The first-order chi connectivity index (χ1) is 15.6. The molecule has 0 unspecified atom stereocenters. The number of para-hydroxylation sites is 1. The molecular formula is C25H24ClN4OS+. The van der Waals surface area contributed by atoms with Gasteiger partial charge in [-0.25, -0.2) is 14.3 Å². The third kappa shape index (κ3) is 3.63. The molecule has 0 spiro atoms. The molecule has 0 atom stereocenters. The molecule has 0 radical (unpaired) electrons. The van der Waals surface area contributed by atoms with Crippen LogP contribution in [0.5, 0.6) is 0 Å². The molecule has 0 bridgehead atoms. The lowest BCUT2D eigenvalue weighted by Crippen LogP contribution is -2.41. The first kappa shape index (κ1) is 20.9. The Kier molecular flexibility index (Phi) is 5.57. The number of aryl methyl sites for hydroxylation is 2. The van der Waals surface area contributed by atoms with E-state index in [1.165, 1.54) is 11.3 Å². The zero-order chi connectivity index (χ0) is 22.2. The standard InChI is InChI=1S/C25H24ClN4OS/c1-3-4-11-28-15-20(19-9-5-6-10-22(19)28)21-16-29(14-18-13-27-25(26)32-18)23-17(2)8-7-12-30(23)24(21)31/h5-10,12-13,15-16H,3-4,11,14H2,1-2H3/q+1. The average Bonchev–Trinajstić information content (AvgIpc) is 3.37. The Bertz CT molecular complexity index is 1500. The molecule has 0 aliphatic heterocycles. The molecule has 32 heavy (non-hydrogen) atoms. The second-order valence-electron chi connectivity index (χ2n) is 8.05. The number of hydrogen-bond donors (Lipinski definition) is 0. The van der Waals surface area contributed by atoms with Gasteiger partial charge in [0.25, 0.3) is 5.65 Å². The van der Waals surface area contributed by atoms with E-state index in [-0.39, 0.29) is 5.56 Å². The summed E-state index contributed by atoms with van der Waals surface area (Å²) >= 11 is 7.54. The number of nitrogens with zero attached hydrogens (tertiary/aromatic N) is 4. The number of aromatic nitrogens is 4. The van der Waals surface area contributed by atoms with Crippen LogP contribution in [-0.2, 0) is 13.1 Å². The third-order valence-corrected chi connectivity index (χ3v) is 6.95. The van der Waals surface area contributed by atoms with Crippen LogP contribution in [0.3, 0.4) is 0 Å². The van der Waals surface area contributed by atoms with Crippen molar-refractivity contribution in [1.29, 1.82) is 0 Å². The molecule has 4 heterocycles. The van der Waals surface area contributed by atoms with Crippen molar-refractivity contribution in [3.05, 3.63) is 86.4 Å². The number of hydrogen-bond acceptors (Lipinski definition) is 3. The Balaban J connectivity index is 1.77. The second kappa shape index (κ2) is 8.52. The van der Waals surface area contributed by atoms with Crippen LogP contribution < -0.4 is 10.1 Å². The zero-order valence-electron chi connectivity index (χ0n) is 18.1. The van der Waals surface area contributed by atoms with Gasteiger partial charge in [-0.2, -0.15) is 4.40 Å². The van der Waals surface area contributed by atoms with Gasteiger partial charge >= 0.3 is 5.56 Å². The Morgan fingerprint density at radius 2 is 2.00 bits per heavy atom. The molecule has 5 aromatic rings. The van der Waals surface area contributed by atoms with E-state index in [2.05, 4.69) is 45.4 Å². The van der Waals surface area contributed by atoms with Crippen molar-refractivity contribution in [2.45, 2.75) is 39.8 Å². The van der Waals surface area contributed by atoms with Gasteiger partial charge in [0.05, 0.1) is 11.1 Å². The first-order valence-electron chi connectivity index (χ1n) is 10.8. The highest BCUT2D eigenvalue weighted by atomic mass is 35.5. The van der Waals surface area contributed by atoms with Crippen molar-refractivity contribution in [2.24, 2.45) is 0 Å². The number of fused-ring (bicyclic) bond motifs is 2. The summed E-state index contributed by atoms with van der Waals surface area (Å²) < 4.78 is 6.68. The molecule has 0 aliphatic carbocycles. The van der Waals surface area contributed by atoms with Crippen LogP contribution in [0.1, 0.15) is 30.2 Å². The topological polar surface area (TPSA) is 43.2 Å². The normalized spacial score (nSPS) is 11.6. The number of benzene rings is 1. The fourth-order valence-electron chi connectivity index (χ4n) is 4.34. The van der Waals surface area contributed by atoms with Crippen molar-refractivity contribution >= 4 is 39.5 Å². The van der Waals surface area contributed by atoms with Crippen LogP contribution in [-0.4, -0.2) is 14.0 Å². The Labute approximate surface area is 195 Å². The van der Waals surface area contributed by atoms with E-state index < -0.39 is 0 Å². The maximum atomic E-state index is 13.7. The molecule has 0 saturated heterocycles. The van der Waals surface area contributed by atoms with Gasteiger partial charge in [-0.1, -0.05) is 43.1 Å². The Morgan fingerprint density at radius 1 is 1.16 bits per heavy atom. The lowest BCUT2D eigenvalue weighted by atomic mass is 10.1. The minimum Gasteiger partial charge on any atom is -0.347 e. The minimum absolute atomic E-state index is 0.0133. The molecule has 0 amide bonds. The SMILES string of the molecule is CCCCn1cc(-c2c[n+](Cc3cnc(Cl)s3)c3c(C)cccn3c2=O)c2ccccc21. The lowest BCUT2D eigenvalue weighted by Gasteiger charge is -2.07. The molecule has 7 heteroatoms. The maximum absolute atomic E-state index is 13.7. The monoisotopic (exact) mass is 463 g/mol. The van der Waals surface area contributed by atoms with Crippen LogP contribution in [0, 0.1) is 6.92 Å². The van der Waals surface area contributed by atoms with Crippen molar-refractivity contribution < 1.29 is 4.57 Å². The van der Waals surface area contributed by atoms with E-state index in [1.54, 1.807) is 10.6 Å². The summed E-state index contributed by atoms with van der Waals surface area (Å²) in [6.45, 7) is 5.76. The summed E-state index contributed by atoms with van der Waals surface area (Å²) in [7, 11) is 0.